The Bertz CT molecular complexity index is 1010. The number of fused-ring (bicyclic) bond motifs is 1. The molecule has 130 valence electrons. The molecule has 5 heteroatoms. The Labute approximate surface area is 149 Å². The number of imidazole rings is 1. The van der Waals surface area contributed by atoms with Crippen molar-refractivity contribution < 1.29 is 14.2 Å². The quantitative estimate of drug-likeness (QED) is 0.563. The van der Waals surface area contributed by atoms with Crippen molar-refractivity contribution in [1.82, 2.24) is 9.97 Å². The molecule has 4 nitrogen and oxygen atoms in total. The highest BCUT2D eigenvalue weighted by Gasteiger charge is 2.15. The number of ether oxygens (including phenoxy) is 1. The Morgan fingerprint density at radius 2 is 1.77 bits per heavy atom. The van der Waals surface area contributed by atoms with Crippen LogP contribution in [0.4, 0.5) is 4.39 Å². The minimum absolute atomic E-state index is 0.343. The average molecular weight is 348 g/mol. The molecule has 0 bridgehead atoms. The summed E-state index contributed by atoms with van der Waals surface area (Å²) in [5.74, 6) is 0.856. The van der Waals surface area contributed by atoms with E-state index in [1.54, 1.807) is 6.07 Å². The minimum Gasteiger partial charge on any atom is -0.489 e. The van der Waals surface area contributed by atoms with Crippen LogP contribution in [-0.2, 0) is 6.61 Å². The van der Waals surface area contributed by atoms with Crippen molar-refractivity contribution in [3.05, 3.63) is 95.6 Å². The lowest BCUT2D eigenvalue weighted by atomic mass is 10.1. The van der Waals surface area contributed by atoms with E-state index in [0.717, 1.165) is 11.3 Å². The van der Waals surface area contributed by atoms with Crippen molar-refractivity contribution in [2.24, 2.45) is 0 Å². The molecule has 0 aliphatic rings. The molecule has 0 saturated carbocycles. The molecule has 0 amide bonds. The molecule has 0 aliphatic heterocycles. The van der Waals surface area contributed by atoms with Crippen LogP contribution in [0.25, 0.3) is 11.0 Å². The van der Waals surface area contributed by atoms with E-state index in [-0.39, 0.29) is 5.82 Å². The number of nitrogens with one attached hydrogen (secondary N) is 1. The van der Waals surface area contributed by atoms with E-state index in [9.17, 15) is 9.50 Å². The Morgan fingerprint density at radius 3 is 2.54 bits per heavy atom. The molecule has 0 radical (unpaired) electrons. The summed E-state index contributed by atoms with van der Waals surface area (Å²) in [7, 11) is 0. The van der Waals surface area contributed by atoms with Crippen molar-refractivity contribution in [2.45, 2.75) is 12.7 Å². The van der Waals surface area contributed by atoms with Crippen molar-refractivity contribution in [3.8, 4) is 5.75 Å². The molecule has 0 fully saturated rings. The van der Waals surface area contributed by atoms with Crippen LogP contribution >= 0.6 is 0 Å². The van der Waals surface area contributed by atoms with E-state index >= 15 is 0 Å². The highest BCUT2D eigenvalue weighted by Crippen LogP contribution is 2.23. The van der Waals surface area contributed by atoms with Crippen LogP contribution in [0, 0.1) is 5.82 Å². The van der Waals surface area contributed by atoms with Gasteiger partial charge in [0.1, 0.15) is 30.1 Å². The van der Waals surface area contributed by atoms with Crippen molar-refractivity contribution in [3.63, 3.8) is 0 Å². The Morgan fingerprint density at radius 1 is 1.00 bits per heavy atom. The fourth-order valence-electron chi connectivity index (χ4n) is 2.77. The highest BCUT2D eigenvalue weighted by molar-refractivity contribution is 5.75. The van der Waals surface area contributed by atoms with Gasteiger partial charge in [-0.3, -0.25) is 0 Å². The first-order chi connectivity index (χ1) is 12.7. The number of H-pyrrole nitrogens is 1. The number of aromatic nitrogens is 2. The van der Waals surface area contributed by atoms with Gasteiger partial charge in [-0.2, -0.15) is 0 Å². The first-order valence-corrected chi connectivity index (χ1v) is 8.29. The van der Waals surface area contributed by atoms with Gasteiger partial charge in [0.15, 0.2) is 0 Å². The van der Waals surface area contributed by atoms with Crippen molar-refractivity contribution in [2.75, 3.05) is 0 Å². The molecule has 1 heterocycles. The molecule has 1 unspecified atom stereocenters. The molecule has 0 spiro atoms. The van der Waals surface area contributed by atoms with E-state index in [4.69, 9.17) is 4.74 Å². The van der Waals surface area contributed by atoms with Gasteiger partial charge < -0.3 is 14.8 Å². The van der Waals surface area contributed by atoms with Crippen LogP contribution in [0.1, 0.15) is 23.1 Å². The van der Waals surface area contributed by atoms with E-state index in [0.29, 0.717) is 29.0 Å². The predicted octanol–water partition coefficient (Wildman–Crippen LogP) is 4.36. The molecular formula is C21H17FN2O2. The maximum absolute atomic E-state index is 13.3. The van der Waals surface area contributed by atoms with Crippen molar-refractivity contribution >= 4 is 11.0 Å². The molecule has 1 atom stereocenters. The SMILES string of the molecule is OC(c1ccc(COc2ccccc2)cc1)c1nc2ccc(F)cc2[nH]1. The number of aliphatic hydroxyl groups is 1. The maximum atomic E-state index is 13.3. The van der Waals surface area contributed by atoms with Gasteiger partial charge in [0.25, 0.3) is 0 Å². The molecule has 0 saturated heterocycles. The van der Waals surface area contributed by atoms with Crippen LogP contribution in [0.15, 0.2) is 72.8 Å². The van der Waals surface area contributed by atoms with Gasteiger partial charge in [-0.1, -0.05) is 42.5 Å². The second kappa shape index (κ2) is 6.98. The summed E-state index contributed by atoms with van der Waals surface area (Å²) in [6.45, 7) is 0.449. The summed E-state index contributed by atoms with van der Waals surface area (Å²) < 4.78 is 19.0. The van der Waals surface area contributed by atoms with Crippen molar-refractivity contribution in [1.29, 1.82) is 0 Å². The van der Waals surface area contributed by atoms with E-state index in [1.807, 2.05) is 54.6 Å². The van der Waals surface area contributed by atoms with Crippen LogP contribution in [0.2, 0.25) is 0 Å². The lowest BCUT2D eigenvalue weighted by molar-refractivity contribution is 0.211. The number of halogens is 1. The summed E-state index contributed by atoms with van der Waals surface area (Å²) in [6.07, 6.45) is -0.908. The topological polar surface area (TPSA) is 58.1 Å². The average Bonchev–Trinajstić information content (AvgIpc) is 3.10. The number of para-hydroxylation sites is 1. The van der Waals surface area contributed by atoms with Gasteiger partial charge in [0.05, 0.1) is 11.0 Å². The van der Waals surface area contributed by atoms with Gasteiger partial charge in [0.2, 0.25) is 0 Å². The molecule has 4 aromatic rings. The van der Waals surface area contributed by atoms with Crippen LogP contribution in [0.3, 0.4) is 0 Å². The summed E-state index contributed by atoms with van der Waals surface area (Å²) >= 11 is 0. The molecule has 2 N–H and O–H groups in total. The zero-order chi connectivity index (χ0) is 17.9. The van der Waals surface area contributed by atoms with E-state index < -0.39 is 6.10 Å². The summed E-state index contributed by atoms with van der Waals surface area (Å²) in [6, 6.07) is 21.4. The molecule has 1 aromatic heterocycles. The first-order valence-electron chi connectivity index (χ1n) is 8.29. The molecule has 3 aromatic carbocycles. The largest absolute Gasteiger partial charge is 0.489 e. The number of aromatic amines is 1. The highest BCUT2D eigenvalue weighted by atomic mass is 19.1. The van der Waals surface area contributed by atoms with Gasteiger partial charge >= 0.3 is 0 Å². The second-order valence-electron chi connectivity index (χ2n) is 6.03. The third kappa shape index (κ3) is 3.43. The Kier molecular flexibility index (Phi) is 4.37. The summed E-state index contributed by atoms with van der Waals surface area (Å²) in [4.78, 5) is 7.30. The maximum Gasteiger partial charge on any atom is 0.140 e. The van der Waals surface area contributed by atoms with E-state index in [2.05, 4.69) is 9.97 Å². The van der Waals surface area contributed by atoms with Crippen LogP contribution < -0.4 is 4.74 Å². The second-order valence-corrected chi connectivity index (χ2v) is 6.03. The normalized spacial score (nSPS) is 12.2. The van der Waals surface area contributed by atoms with Gasteiger partial charge in [-0.05, 0) is 41.5 Å². The number of hydrogen-bond acceptors (Lipinski definition) is 3. The molecule has 0 aliphatic carbocycles. The lowest BCUT2D eigenvalue weighted by Gasteiger charge is -2.10. The third-order valence-corrected chi connectivity index (χ3v) is 4.17. The zero-order valence-corrected chi connectivity index (χ0v) is 13.9. The first kappa shape index (κ1) is 16.3. The monoisotopic (exact) mass is 348 g/mol. The number of nitrogens with zero attached hydrogens (tertiary/aromatic N) is 1. The third-order valence-electron chi connectivity index (χ3n) is 4.17. The van der Waals surface area contributed by atoms with Crippen LogP contribution in [-0.4, -0.2) is 15.1 Å². The van der Waals surface area contributed by atoms with E-state index in [1.165, 1.54) is 12.1 Å². The number of aliphatic hydroxyl groups excluding tert-OH is 1. The lowest BCUT2D eigenvalue weighted by Crippen LogP contribution is -2.02. The zero-order valence-electron chi connectivity index (χ0n) is 13.9. The van der Waals surface area contributed by atoms with Gasteiger partial charge in [-0.25, -0.2) is 9.37 Å². The van der Waals surface area contributed by atoms with Gasteiger partial charge in [-0.15, -0.1) is 0 Å². The minimum atomic E-state index is -0.908. The Hall–Kier alpha value is -3.18. The standard InChI is InChI=1S/C21H17FN2O2/c22-16-10-11-18-19(12-16)24-21(23-18)20(25)15-8-6-14(7-9-15)13-26-17-4-2-1-3-5-17/h1-12,20,25H,13H2,(H,23,24). The fourth-order valence-corrected chi connectivity index (χ4v) is 2.77. The smallest absolute Gasteiger partial charge is 0.140 e. The summed E-state index contributed by atoms with van der Waals surface area (Å²) in [5, 5.41) is 10.5. The van der Waals surface area contributed by atoms with Gasteiger partial charge in [0, 0.05) is 0 Å². The fraction of sp³-hybridized carbons (Fsp3) is 0.0952. The summed E-state index contributed by atoms with van der Waals surface area (Å²) in [5.41, 5.74) is 2.88. The molecular weight excluding hydrogens is 331 g/mol. The van der Waals surface area contributed by atoms with Crippen LogP contribution in [0.5, 0.6) is 5.75 Å². The number of hydrogen-bond donors (Lipinski definition) is 2. The number of benzene rings is 3. The molecule has 26 heavy (non-hydrogen) atoms. The Balaban J connectivity index is 1.48. The predicted molar refractivity (Wildman–Crippen MR) is 97.3 cm³/mol. The molecule has 4 rings (SSSR count). The number of rotatable bonds is 5.